The van der Waals surface area contributed by atoms with E-state index in [4.69, 9.17) is 5.11 Å². The van der Waals surface area contributed by atoms with E-state index in [1.54, 1.807) is 0 Å². The Morgan fingerprint density at radius 1 is 1.57 bits per heavy atom. The maximum atomic E-state index is 11.4. The Morgan fingerprint density at radius 2 is 2.29 bits per heavy atom. The molecule has 0 atom stereocenters. The zero-order valence-corrected chi connectivity index (χ0v) is 8.04. The molecule has 4 heteroatoms. The number of nitrogens with one attached hydrogen (secondary N) is 1. The summed E-state index contributed by atoms with van der Waals surface area (Å²) in [6.07, 6.45) is 4.14. The van der Waals surface area contributed by atoms with Crippen molar-refractivity contribution < 1.29 is 9.90 Å². The number of hydrogen-bond donors (Lipinski definition) is 2. The number of aromatic carboxylic acids is 1. The van der Waals surface area contributed by atoms with Gasteiger partial charge in [-0.1, -0.05) is 13.3 Å². The summed E-state index contributed by atoms with van der Waals surface area (Å²) in [5, 5.41) is 8.61. The number of unbranched alkanes of at least 4 members (excludes halogenated alkanes) is 1. The number of carboxylic acids is 1. The number of pyridine rings is 1. The number of H-pyrrole nitrogens is 1. The first-order valence-electron chi connectivity index (χ1n) is 4.60. The van der Waals surface area contributed by atoms with E-state index in [0.29, 0.717) is 12.0 Å². The Balaban J connectivity index is 2.90. The first-order valence-corrected chi connectivity index (χ1v) is 4.60. The van der Waals surface area contributed by atoms with Crippen LogP contribution in [0.3, 0.4) is 0 Å². The van der Waals surface area contributed by atoms with Gasteiger partial charge in [0.05, 0.1) is 0 Å². The molecule has 0 aliphatic rings. The molecule has 0 spiro atoms. The summed E-state index contributed by atoms with van der Waals surface area (Å²) in [7, 11) is 0. The Bertz CT molecular complexity index is 381. The second-order valence-electron chi connectivity index (χ2n) is 3.14. The summed E-state index contributed by atoms with van der Waals surface area (Å²) >= 11 is 0. The van der Waals surface area contributed by atoms with E-state index in [2.05, 4.69) is 4.98 Å². The maximum absolute atomic E-state index is 11.4. The van der Waals surface area contributed by atoms with Crippen molar-refractivity contribution in [2.45, 2.75) is 26.2 Å². The van der Waals surface area contributed by atoms with Gasteiger partial charge < -0.3 is 10.1 Å². The van der Waals surface area contributed by atoms with Crippen molar-refractivity contribution in [1.29, 1.82) is 0 Å². The third kappa shape index (κ3) is 2.45. The topological polar surface area (TPSA) is 70.2 Å². The fourth-order valence-electron chi connectivity index (χ4n) is 1.19. The Morgan fingerprint density at radius 3 is 2.79 bits per heavy atom. The minimum absolute atomic E-state index is 0.0600. The predicted octanol–water partition coefficient (Wildman–Crippen LogP) is 1.42. The SMILES string of the molecule is CCCCc1c[nH]c(C(=O)O)cc1=O. The van der Waals surface area contributed by atoms with Crippen LogP contribution in [0.5, 0.6) is 0 Å². The van der Waals surface area contributed by atoms with Crippen LogP contribution in [-0.2, 0) is 6.42 Å². The lowest BCUT2D eigenvalue weighted by atomic mass is 10.1. The molecule has 76 valence electrons. The fourth-order valence-corrected chi connectivity index (χ4v) is 1.19. The number of rotatable bonds is 4. The molecule has 0 fully saturated rings. The number of aromatic nitrogens is 1. The molecular weight excluding hydrogens is 182 g/mol. The van der Waals surface area contributed by atoms with Crippen LogP contribution in [0.15, 0.2) is 17.1 Å². The minimum atomic E-state index is -1.11. The van der Waals surface area contributed by atoms with Crippen LogP contribution in [0.4, 0.5) is 0 Å². The average molecular weight is 195 g/mol. The smallest absolute Gasteiger partial charge is 0.352 e. The largest absolute Gasteiger partial charge is 0.477 e. The van der Waals surface area contributed by atoms with Gasteiger partial charge in [0.15, 0.2) is 5.43 Å². The van der Waals surface area contributed by atoms with Gasteiger partial charge in [-0.25, -0.2) is 4.79 Å². The number of aryl methyl sites for hydroxylation is 1. The highest BCUT2D eigenvalue weighted by Crippen LogP contribution is 1.99. The molecule has 0 radical (unpaired) electrons. The van der Waals surface area contributed by atoms with E-state index in [0.717, 1.165) is 18.9 Å². The molecule has 0 aliphatic carbocycles. The fraction of sp³-hybridized carbons (Fsp3) is 0.400. The van der Waals surface area contributed by atoms with E-state index < -0.39 is 5.97 Å². The van der Waals surface area contributed by atoms with Crippen molar-refractivity contribution in [3.63, 3.8) is 0 Å². The van der Waals surface area contributed by atoms with Crippen LogP contribution in [0, 0.1) is 0 Å². The van der Waals surface area contributed by atoms with Gasteiger partial charge in [0, 0.05) is 17.8 Å². The molecule has 0 saturated carbocycles. The summed E-state index contributed by atoms with van der Waals surface area (Å²) < 4.78 is 0. The Labute approximate surface area is 81.6 Å². The first kappa shape index (κ1) is 10.5. The van der Waals surface area contributed by atoms with Crippen molar-refractivity contribution in [3.05, 3.63) is 33.7 Å². The third-order valence-electron chi connectivity index (χ3n) is 2.02. The number of carboxylic acid groups (broad SMARTS) is 1. The van der Waals surface area contributed by atoms with E-state index >= 15 is 0 Å². The number of hydrogen-bond acceptors (Lipinski definition) is 2. The van der Waals surface area contributed by atoms with Crippen LogP contribution in [0.1, 0.15) is 35.8 Å². The molecule has 0 bridgehead atoms. The summed E-state index contributed by atoms with van der Waals surface area (Å²) in [4.78, 5) is 24.5. The van der Waals surface area contributed by atoms with Gasteiger partial charge in [-0.05, 0) is 12.8 Å². The molecule has 2 N–H and O–H groups in total. The number of aromatic amines is 1. The first-order chi connectivity index (χ1) is 6.65. The summed E-state index contributed by atoms with van der Waals surface area (Å²) in [5.74, 6) is -1.11. The van der Waals surface area contributed by atoms with Crippen LogP contribution < -0.4 is 5.43 Å². The van der Waals surface area contributed by atoms with Gasteiger partial charge in [0.2, 0.25) is 0 Å². The average Bonchev–Trinajstić information content (AvgIpc) is 2.15. The molecule has 0 amide bonds. The quantitative estimate of drug-likeness (QED) is 0.763. The van der Waals surface area contributed by atoms with Crippen molar-refractivity contribution in [3.8, 4) is 0 Å². The molecule has 1 aromatic rings. The second-order valence-corrected chi connectivity index (χ2v) is 3.14. The Hall–Kier alpha value is -1.58. The van der Waals surface area contributed by atoms with Crippen LogP contribution in [0.2, 0.25) is 0 Å². The monoisotopic (exact) mass is 195 g/mol. The van der Waals surface area contributed by atoms with Gasteiger partial charge in [-0.3, -0.25) is 4.79 Å². The molecule has 0 aliphatic heterocycles. The summed E-state index contributed by atoms with van der Waals surface area (Å²) in [5.41, 5.74) is 0.390. The highest BCUT2D eigenvalue weighted by Gasteiger charge is 2.05. The van der Waals surface area contributed by atoms with Crippen molar-refractivity contribution in [2.75, 3.05) is 0 Å². The molecule has 0 saturated heterocycles. The van der Waals surface area contributed by atoms with E-state index in [9.17, 15) is 9.59 Å². The van der Waals surface area contributed by atoms with E-state index in [1.807, 2.05) is 6.92 Å². The zero-order chi connectivity index (χ0) is 10.6. The van der Waals surface area contributed by atoms with Crippen molar-refractivity contribution in [1.82, 2.24) is 4.98 Å². The molecule has 0 unspecified atom stereocenters. The summed E-state index contributed by atoms with van der Waals surface area (Å²) in [6, 6.07) is 1.13. The minimum Gasteiger partial charge on any atom is -0.477 e. The zero-order valence-electron chi connectivity index (χ0n) is 8.04. The van der Waals surface area contributed by atoms with Gasteiger partial charge in [-0.2, -0.15) is 0 Å². The van der Waals surface area contributed by atoms with Gasteiger partial charge in [0.1, 0.15) is 5.69 Å². The molecule has 1 heterocycles. The maximum Gasteiger partial charge on any atom is 0.352 e. The predicted molar refractivity (Wildman–Crippen MR) is 52.6 cm³/mol. The lowest BCUT2D eigenvalue weighted by Crippen LogP contribution is -2.13. The molecule has 4 nitrogen and oxygen atoms in total. The molecule has 1 aromatic heterocycles. The summed E-state index contributed by atoms with van der Waals surface area (Å²) in [6.45, 7) is 2.04. The standard InChI is InChI=1S/C10H13NO3/c1-2-3-4-7-6-11-8(10(13)14)5-9(7)12/h5-6H,2-4H2,1H3,(H,11,12)(H,13,14). The normalized spacial score (nSPS) is 10.1. The lowest BCUT2D eigenvalue weighted by Gasteiger charge is -1.99. The number of carbonyl (C=O) groups is 1. The van der Waals surface area contributed by atoms with Gasteiger partial charge in [0.25, 0.3) is 0 Å². The van der Waals surface area contributed by atoms with Crippen molar-refractivity contribution >= 4 is 5.97 Å². The van der Waals surface area contributed by atoms with Crippen LogP contribution in [0.25, 0.3) is 0 Å². The lowest BCUT2D eigenvalue weighted by molar-refractivity contribution is 0.0690. The third-order valence-corrected chi connectivity index (χ3v) is 2.02. The second kappa shape index (κ2) is 4.60. The van der Waals surface area contributed by atoms with Crippen LogP contribution >= 0.6 is 0 Å². The molecule has 1 rings (SSSR count). The van der Waals surface area contributed by atoms with Gasteiger partial charge in [-0.15, -0.1) is 0 Å². The van der Waals surface area contributed by atoms with Crippen molar-refractivity contribution in [2.24, 2.45) is 0 Å². The highest BCUT2D eigenvalue weighted by atomic mass is 16.4. The molecule has 14 heavy (non-hydrogen) atoms. The highest BCUT2D eigenvalue weighted by molar-refractivity contribution is 5.85. The van der Waals surface area contributed by atoms with E-state index in [1.165, 1.54) is 6.20 Å². The molecule has 0 aromatic carbocycles. The Kier molecular flexibility index (Phi) is 3.45. The molecular formula is C10H13NO3. The van der Waals surface area contributed by atoms with Crippen LogP contribution in [-0.4, -0.2) is 16.1 Å². The van der Waals surface area contributed by atoms with Gasteiger partial charge >= 0.3 is 5.97 Å². The van der Waals surface area contributed by atoms with E-state index in [-0.39, 0.29) is 11.1 Å².